The first-order valence-electron chi connectivity index (χ1n) is 11.0. The Hall–Kier alpha value is -3.01. The first-order valence-corrected chi connectivity index (χ1v) is 12.3. The molecule has 1 aliphatic rings. The van der Waals surface area contributed by atoms with Gasteiger partial charge in [0.25, 0.3) is 6.01 Å². The fraction of sp³-hybridized carbons (Fsp3) is 0.333. The van der Waals surface area contributed by atoms with E-state index in [0.717, 1.165) is 60.6 Å². The van der Waals surface area contributed by atoms with Crippen molar-refractivity contribution >= 4 is 28.2 Å². The second kappa shape index (κ2) is 9.46. The van der Waals surface area contributed by atoms with Crippen LogP contribution in [0.15, 0.2) is 65.5 Å². The second-order valence-corrected chi connectivity index (χ2v) is 9.28. The highest BCUT2D eigenvalue weighted by Gasteiger charge is 2.22. The van der Waals surface area contributed by atoms with E-state index >= 15 is 0 Å². The Morgan fingerprint density at radius 1 is 1.09 bits per heavy atom. The Kier molecular flexibility index (Phi) is 6.26. The van der Waals surface area contributed by atoms with Gasteiger partial charge in [0.05, 0.1) is 18.1 Å². The van der Waals surface area contributed by atoms with E-state index in [2.05, 4.69) is 31.3 Å². The predicted octanol–water partition coefficient (Wildman–Crippen LogP) is 3.33. The third-order valence-corrected chi connectivity index (χ3v) is 6.79. The summed E-state index contributed by atoms with van der Waals surface area (Å²) in [6.45, 7) is 6.51. The summed E-state index contributed by atoms with van der Waals surface area (Å²) in [5.74, 6) is 0.0422. The molecule has 0 radical (unpaired) electrons. The van der Waals surface area contributed by atoms with Gasteiger partial charge in [-0.1, -0.05) is 47.5 Å². The summed E-state index contributed by atoms with van der Waals surface area (Å²) in [5.41, 5.74) is 4.78. The average Bonchev–Trinajstić information content (AvgIpc) is 3.46. The van der Waals surface area contributed by atoms with Crippen LogP contribution in [-0.4, -0.2) is 54.4 Å². The predicted molar refractivity (Wildman–Crippen MR) is 127 cm³/mol. The first kappa shape index (κ1) is 21.8. The molecule has 1 fully saturated rings. The van der Waals surface area contributed by atoms with Crippen molar-refractivity contribution in [2.75, 3.05) is 31.1 Å². The molecular formula is C24H26N5O3S-. The van der Waals surface area contributed by atoms with Crippen molar-refractivity contribution in [1.29, 1.82) is 0 Å². The Balaban J connectivity index is 1.21. The number of para-hydroxylation sites is 2. The smallest absolute Gasteiger partial charge is 0.298 e. The van der Waals surface area contributed by atoms with Gasteiger partial charge in [-0.3, -0.25) is 9.11 Å². The molecule has 0 N–H and O–H groups in total. The summed E-state index contributed by atoms with van der Waals surface area (Å²) in [6, 6.07) is 16.4. The molecule has 2 aromatic carbocycles. The Morgan fingerprint density at radius 2 is 1.85 bits per heavy atom. The van der Waals surface area contributed by atoms with Crippen molar-refractivity contribution in [3.05, 3.63) is 77.9 Å². The molecule has 172 valence electrons. The van der Waals surface area contributed by atoms with Crippen LogP contribution in [0.2, 0.25) is 0 Å². The zero-order valence-electron chi connectivity index (χ0n) is 18.5. The summed E-state index contributed by atoms with van der Waals surface area (Å²) in [4.78, 5) is 13.6. The number of rotatable bonds is 7. The summed E-state index contributed by atoms with van der Waals surface area (Å²) < 4.78 is 30.0. The van der Waals surface area contributed by atoms with Crippen molar-refractivity contribution in [3.63, 3.8) is 0 Å². The standard InChI is InChI=1S/C24H27N5O3S/c1-18(20-8-6-19(7-9-20)16-33(30)31)29-17-25-14-21(29)15-27-10-12-28(13-11-27)24-26-22-4-2-3-5-23(22)32-24/h2-9,14,17-18H,10-13,15-16H2,1H3,(H,30,31)/p-1. The summed E-state index contributed by atoms with van der Waals surface area (Å²) in [6.07, 6.45) is 3.80. The molecule has 1 aliphatic heterocycles. The van der Waals surface area contributed by atoms with E-state index in [1.807, 2.05) is 61.1 Å². The van der Waals surface area contributed by atoms with E-state index in [-0.39, 0.29) is 11.8 Å². The van der Waals surface area contributed by atoms with Crippen molar-refractivity contribution < 1.29 is 13.2 Å². The van der Waals surface area contributed by atoms with Gasteiger partial charge >= 0.3 is 0 Å². The van der Waals surface area contributed by atoms with E-state index in [4.69, 9.17) is 4.42 Å². The Bertz CT molecular complexity index is 1210. The van der Waals surface area contributed by atoms with Crippen LogP contribution in [0.5, 0.6) is 0 Å². The molecule has 2 unspecified atom stereocenters. The van der Waals surface area contributed by atoms with Gasteiger partial charge in [-0.25, -0.2) is 4.98 Å². The van der Waals surface area contributed by atoms with E-state index < -0.39 is 11.1 Å². The lowest BCUT2D eigenvalue weighted by Crippen LogP contribution is -2.46. The molecule has 3 heterocycles. The lowest BCUT2D eigenvalue weighted by atomic mass is 10.1. The van der Waals surface area contributed by atoms with Gasteiger partial charge in [-0.05, 0) is 30.2 Å². The van der Waals surface area contributed by atoms with E-state index in [1.165, 1.54) is 0 Å². The van der Waals surface area contributed by atoms with Crippen LogP contribution in [0.25, 0.3) is 11.1 Å². The van der Waals surface area contributed by atoms with Gasteiger partial charge in [0.1, 0.15) is 5.52 Å². The molecule has 0 aliphatic carbocycles. The van der Waals surface area contributed by atoms with Gasteiger partial charge in [0, 0.05) is 44.7 Å². The maximum atomic E-state index is 10.9. The lowest BCUT2D eigenvalue weighted by molar-refractivity contribution is 0.239. The molecule has 5 rings (SSSR count). The van der Waals surface area contributed by atoms with Gasteiger partial charge in [-0.15, -0.1) is 0 Å². The number of nitrogens with zero attached hydrogens (tertiary/aromatic N) is 5. The summed E-state index contributed by atoms with van der Waals surface area (Å²) >= 11 is -2.07. The molecule has 0 saturated carbocycles. The van der Waals surface area contributed by atoms with Crippen molar-refractivity contribution in [1.82, 2.24) is 19.4 Å². The molecule has 0 amide bonds. The molecule has 0 bridgehead atoms. The van der Waals surface area contributed by atoms with E-state index in [0.29, 0.717) is 6.01 Å². The summed E-state index contributed by atoms with van der Waals surface area (Å²) in [7, 11) is 0. The summed E-state index contributed by atoms with van der Waals surface area (Å²) in [5, 5.41) is 0. The fourth-order valence-corrected chi connectivity index (χ4v) is 4.78. The van der Waals surface area contributed by atoms with Crippen molar-refractivity contribution in [2.24, 2.45) is 0 Å². The van der Waals surface area contributed by atoms with Crippen LogP contribution in [0.1, 0.15) is 29.8 Å². The highest BCUT2D eigenvalue weighted by molar-refractivity contribution is 7.78. The number of hydrogen-bond donors (Lipinski definition) is 0. The number of fused-ring (bicyclic) bond motifs is 1. The molecular weight excluding hydrogens is 438 g/mol. The average molecular weight is 465 g/mol. The van der Waals surface area contributed by atoms with Crippen LogP contribution in [-0.2, 0) is 23.4 Å². The second-order valence-electron chi connectivity index (χ2n) is 8.39. The van der Waals surface area contributed by atoms with Gasteiger partial charge < -0.3 is 18.4 Å². The number of piperazine rings is 1. The van der Waals surface area contributed by atoms with Crippen LogP contribution in [0.4, 0.5) is 6.01 Å². The van der Waals surface area contributed by atoms with Gasteiger partial charge in [-0.2, -0.15) is 4.98 Å². The molecule has 0 spiro atoms. The van der Waals surface area contributed by atoms with Crippen molar-refractivity contribution in [3.8, 4) is 0 Å². The minimum atomic E-state index is -2.07. The molecule has 4 aromatic rings. The maximum Gasteiger partial charge on any atom is 0.298 e. The van der Waals surface area contributed by atoms with Crippen LogP contribution >= 0.6 is 0 Å². The molecule has 2 atom stereocenters. The Morgan fingerprint density at radius 3 is 2.58 bits per heavy atom. The van der Waals surface area contributed by atoms with Crippen LogP contribution in [0.3, 0.4) is 0 Å². The SMILES string of the molecule is CC(c1ccc(CS(=O)[O-])cc1)n1cncc1CN1CCN(c2nc3ccccc3o2)CC1. The molecule has 1 saturated heterocycles. The van der Waals surface area contributed by atoms with Crippen LogP contribution < -0.4 is 4.90 Å². The number of anilines is 1. The molecule has 8 nitrogen and oxygen atoms in total. The molecule has 9 heteroatoms. The van der Waals surface area contributed by atoms with E-state index in [9.17, 15) is 8.76 Å². The molecule has 2 aromatic heterocycles. The highest BCUT2D eigenvalue weighted by Crippen LogP contribution is 2.24. The molecule has 33 heavy (non-hydrogen) atoms. The zero-order chi connectivity index (χ0) is 22.8. The minimum absolute atomic E-state index is 0.0422. The first-order chi connectivity index (χ1) is 16.1. The maximum absolute atomic E-state index is 10.9. The third-order valence-electron chi connectivity index (χ3n) is 6.22. The lowest BCUT2D eigenvalue weighted by Gasteiger charge is -2.34. The van der Waals surface area contributed by atoms with Gasteiger partial charge in [0.2, 0.25) is 0 Å². The number of hydrogen-bond acceptors (Lipinski definition) is 7. The topological polar surface area (TPSA) is 90.5 Å². The highest BCUT2D eigenvalue weighted by atomic mass is 32.2. The number of aromatic nitrogens is 3. The minimum Gasteiger partial charge on any atom is -0.772 e. The van der Waals surface area contributed by atoms with Gasteiger partial charge in [0.15, 0.2) is 5.58 Å². The normalized spacial score (nSPS) is 16.8. The number of benzene rings is 2. The van der Waals surface area contributed by atoms with Crippen LogP contribution in [0, 0.1) is 0 Å². The third kappa shape index (κ3) is 4.85. The zero-order valence-corrected chi connectivity index (χ0v) is 19.3. The largest absolute Gasteiger partial charge is 0.772 e. The monoisotopic (exact) mass is 464 g/mol. The van der Waals surface area contributed by atoms with Crippen molar-refractivity contribution in [2.45, 2.75) is 25.3 Å². The fourth-order valence-electron chi connectivity index (χ4n) is 4.31. The van der Waals surface area contributed by atoms with E-state index in [1.54, 1.807) is 0 Å². The number of imidazole rings is 1. The Labute approximate surface area is 195 Å². The number of oxazole rings is 1. The quantitative estimate of drug-likeness (QED) is 0.388.